The molecule has 1 aromatic carbocycles. The van der Waals surface area contributed by atoms with Gasteiger partial charge in [-0.05, 0) is 25.0 Å². The number of anilines is 1. The number of carbonyl (C=O) groups excluding carboxylic acids is 1. The van der Waals surface area contributed by atoms with Crippen LogP contribution in [0.2, 0.25) is 0 Å². The van der Waals surface area contributed by atoms with E-state index in [1.165, 1.54) is 0 Å². The largest absolute Gasteiger partial charge is 0.497 e. The first kappa shape index (κ1) is 15.3. The number of nitrogens with one attached hydrogen (secondary N) is 1. The molecule has 0 radical (unpaired) electrons. The summed E-state index contributed by atoms with van der Waals surface area (Å²) in [6.07, 6.45) is 0.903. The van der Waals surface area contributed by atoms with Gasteiger partial charge in [0.25, 0.3) is 0 Å². The van der Waals surface area contributed by atoms with Crippen molar-refractivity contribution in [2.45, 2.75) is 33.2 Å². The molecular weight excluding hydrogens is 242 g/mol. The minimum Gasteiger partial charge on any atom is -0.497 e. The van der Waals surface area contributed by atoms with Gasteiger partial charge in [-0.3, -0.25) is 0 Å². The molecule has 1 rings (SSSR count). The van der Waals surface area contributed by atoms with Gasteiger partial charge in [-0.25, -0.2) is 4.79 Å². The van der Waals surface area contributed by atoms with E-state index < -0.39 is 0 Å². The van der Waals surface area contributed by atoms with Crippen LogP contribution < -0.4 is 10.1 Å². The molecule has 0 aliphatic rings. The van der Waals surface area contributed by atoms with E-state index in [0.717, 1.165) is 17.9 Å². The number of benzene rings is 1. The van der Waals surface area contributed by atoms with Crippen molar-refractivity contribution in [2.24, 2.45) is 5.92 Å². The average Bonchev–Trinajstić information content (AvgIpc) is 2.44. The molecule has 0 aromatic heterocycles. The Morgan fingerprint density at radius 2 is 2.11 bits per heavy atom. The van der Waals surface area contributed by atoms with Crippen molar-refractivity contribution in [3.8, 4) is 5.75 Å². The molecule has 0 saturated heterocycles. The SMILES string of the molecule is CCOC(=O)C(Nc1cccc(OC)c1)C(C)CC. The van der Waals surface area contributed by atoms with Crippen LogP contribution in [0.4, 0.5) is 5.69 Å². The molecule has 0 aliphatic carbocycles. The van der Waals surface area contributed by atoms with E-state index in [1.807, 2.05) is 38.1 Å². The lowest BCUT2D eigenvalue weighted by Gasteiger charge is -2.23. The third-order valence-electron chi connectivity index (χ3n) is 3.15. The fourth-order valence-electron chi connectivity index (χ4n) is 1.79. The van der Waals surface area contributed by atoms with Crippen LogP contribution >= 0.6 is 0 Å². The number of hydrogen-bond donors (Lipinski definition) is 1. The second-order valence-corrected chi connectivity index (χ2v) is 4.49. The number of ether oxygens (including phenoxy) is 2. The molecule has 0 spiro atoms. The first-order valence-corrected chi connectivity index (χ1v) is 6.69. The standard InChI is InChI=1S/C15H23NO3/c1-5-11(3)14(15(17)19-6-2)16-12-8-7-9-13(10-12)18-4/h7-11,14,16H,5-6H2,1-4H3. The summed E-state index contributed by atoms with van der Waals surface area (Å²) in [5.41, 5.74) is 0.859. The van der Waals surface area contributed by atoms with Crippen molar-refractivity contribution >= 4 is 11.7 Å². The molecule has 4 nitrogen and oxygen atoms in total. The molecule has 4 heteroatoms. The summed E-state index contributed by atoms with van der Waals surface area (Å²) in [4.78, 5) is 12.0. The molecular formula is C15H23NO3. The summed E-state index contributed by atoms with van der Waals surface area (Å²) in [6, 6.07) is 7.21. The Kier molecular flexibility index (Phi) is 6.19. The Hall–Kier alpha value is -1.71. The molecule has 106 valence electrons. The van der Waals surface area contributed by atoms with Crippen molar-refractivity contribution < 1.29 is 14.3 Å². The van der Waals surface area contributed by atoms with Crippen LogP contribution in [-0.4, -0.2) is 25.7 Å². The van der Waals surface area contributed by atoms with Crippen molar-refractivity contribution in [2.75, 3.05) is 19.0 Å². The zero-order valence-electron chi connectivity index (χ0n) is 12.1. The highest BCUT2D eigenvalue weighted by atomic mass is 16.5. The lowest BCUT2D eigenvalue weighted by atomic mass is 9.99. The number of carbonyl (C=O) groups is 1. The predicted octanol–water partition coefficient (Wildman–Crippen LogP) is 3.08. The maximum absolute atomic E-state index is 12.0. The van der Waals surface area contributed by atoms with Gasteiger partial charge in [-0.15, -0.1) is 0 Å². The predicted molar refractivity (Wildman–Crippen MR) is 76.5 cm³/mol. The van der Waals surface area contributed by atoms with E-state index in [2.05, 4.69) is 12.2 Å². The minimum absolute atomic E-state index is 0.199. The fourth-order valence-corrected chi connectivity index (χ4v) is 1.79. The van der Waals surface area contributed by atoms with Gasteiger partial charge in [0.1, 0.15) is 11.8 Å². The zero-order valence-corrected chi connectivity index (χ0v) is 12.1. The molecule has 2 unspecified atom stereocenters. The van der Waals surface area contributed by atoms with E-state index in [1.54, 1.807) is 7.11 Å². The van der Waals surface area contributed by atoms with Crippen LogP contribution in [0, 0.1) is 5.92 Å². The smallest absolute Gasteiger partial charge is 0.328 e. The summed E-state index contributed by atoms with van der Waals surface area (Å²) < 4.78 is 10.3. The number of esters is 1. The van der Waals surface area contributed by atoms with Gasteiger partial charge in [-0.1, -0.05) is 26.3 Å². The van der Waals surface area contributed by atoms with Gasteiger partial charge < -0.3 is 14.8 Å². The van der Waals surface area contributed by atoms with Gasteiger partial charge >= 0.3 is 5.97 Å². The van der Waals surface area contributed by atoms with Gasteiger partial charge in [0.2, 0.25) is 0 Å². The molecule has 0 fully saturated rings. The summed E-state index contributed by atoms with van der Waals surface area (Å²) in [6.45, 7) is 6.31. The quantitative estimate of drug-likeness (QED) is 0.770. The number of hydrogen-bond acceptors (Lipinski definition) is 4. The Morgan fingerprint density at radius 3 is 2.68 bits per heavy atom. The Labute approximate surface area is 115 Å². The first-order chi connectivity index (χ1) is 9.12. The van der Waals surface area contributed by atoms with Crippen LogP contribution in [-0.2, 0) is 9.53 Å². The minimum atomic E-state index is -0.336. The highest BCUT2D eigenvalue weighted by Gasteiger charge is 2.25. The molecule has 0 heterocycles. The van der Waals surface area contributed by atoms with E-state index in [9.17, 15) is 4.79 Å². The summed E-state index contributed by atoms with van der Waals surface area (Å²) in [7, 11) is 1.62. The Morgan fingerprint density at radius 1 is 1.37 bits per heavy atom. The van der Waals surface area contributed by atoms with Crippen LogP contribution in [0.3, 0.4) is 0 Å². The van der Waals surface area contributed by atoms with Crippen LogP contribution in [0.5, 0.6) is 5.75 Å². The maximum atomic E-state index is 12.0. The molecule has 1 N–H and O–H groups in total. The highest BCUT2D eigenvalue weighted by molar-refractivity contribution is 5.79. The third kappa shape index (κ3) is 4.47. The molecule has 1 aromatic rings. The van der Waals surface area contributed by atoms with Crippen LogP contribution in [0.25, 0.3) is 0 Å². The lowest BCUT2D eigenvalue weighted by Crippen LogP contribution is -2.37. The molecule has 0 aliphatic heterocycles. The number of methoxy groups -OCH3 is 1. The van der Waals surface area contributed by atoms with Crippen molar-refractivity contribution in [3.63, 3.8) is 0 Å². The lowest BCUT2D eigenvalue weighted by molar-refractivity contribution is -0.145. The van der Waals surface area contributed by atoms with Crippen molar-refractivity contribution in [1.29, 1.82) is 0 Å². The number of rotatable bonds is 7. The summed E-state index contributed by atoms with van der Waals surface area (Å²) in [5.74, 6) is 0.752. The van der Waals surface area contributed by atoms with Crippen molar-refractivity contribution in [1.82, 2.24) is 0 Å². The van der Waals surface area contributed by atoms with Gasteiger partial charge in [0.15, 0.2) is 0 Å². The van der Waals surface area contributed by atoms with E-state index in [0.29, 0.717) is 6.61 Å². The fraction of sp³-hybridized carbons (Fsp3) is 0.533. The summed E-state index contributed by atoms with van der Waals surface area (Å²) >= 11 is 0. The van der Waals surface area contributed by atoms with E-state index in [-0.39, 0.29) is 17.9 Å². The normalized spacial score (nSPS) is 13.5. The molecule has 0 saturated carbocycles. The van der Waals surface area contributed by atoms with E-state index in [4.69, 9.17) is 9.47 Å². The van der Waals surface area contributed by atoms with E-state index >= 15 is 0 Å². The third-order valence-corrected chi connectivity index (χ3v) is 3.15. The Bertz CT molecular complexity index is 406. The van der Waals surface area contributed by atoms with Crippen LogP contribution in [0.15, 0.2) is 24.3 Å². The first-order valence-electron chi connectivity index (χ1n) is 6.69. The van der Waals surface area contributed by atoms with Crippen molar-refractivity contribution in [3.05, 3.63) is 24.3 Å². The molecule has 0 bridgehead atoms. The molecule has 19 heavy (non-hydrogen) atoms. The zero-order chi connectivity index (χ0) is 14.3. The average molecular weight is 265 g/mol. The second kappa shape index (κ2) is 7.67. The van der Waals surface area contributed by atoms with Gasteiger partial charge in [-0.2, -0.15) is 0 Å². The van der Waals surface area contributed by atoms with Crippen LogP contribution in [0.1, 0.15) is 27.2 Å². The summed E-state index contributed by atoms with van der Waals surface area (Å²) in [5, 5.41) is 3.23. The maximum Gasteiger partial charge on any atom is 0.328 e. The van der Waals surface area contributed by atoms with Gasteiger partial charge in [0, 0.05) is 11.8 Å². The Balaban J connectivity index is 2.83. The topological polar surface area (TPSA) is 47.6 Å². The van der Waals surface area contributed by atoms with Gasteiger partial charge in [0.05, 0.1) is 13.7 Å². The molecule has 2 atom stereocenters. The molecule has 0 amide bonds. The second-order valence-electron chi connectivity index (χ2n) is 4.49. The highest BCUT2D eigenvalue weighted by Crippen LogP contribution is 2.20. The monoisotopic (exact) mass is 265 g/mol.